The van der Waals surface area contributed by atoms with Crippen LogP contribution in [0.25, 0.3) is 11.1 Å². The van der Waals surface area contributed by atoms with Crippen LogP contribution in [0.5, 0.6) is 0 Å². The van der Waals surface area contributed by atoms with E-state index in [1.807, 2.05) is 4.90 Å². The molecular weight excluding hydrogens is 431 g/mol. The fourth-order valence-corrected chi connectivity index (χ4v) is 4.47. The molecule has 0 radical (unpaired) electrons. The summed E-state index contributed by atoms with van der Waals surface area (Å²) in [5.74, 6) is 0.00892. The van der Waals surface area contributed by atoms with E-state index in [-0.39, 0.29) is 11.8 Å². The summed E-state index contributed by atoms with van der Waals surface area (Å²) < 4.78 is 38.7. The highest BCUT2D eigenvalue weighted by molar-refractivity contribution is 6.01. The van der Waals surface area contributed by atoms with Gasteiger partial charge in [-0.1, -0.05) is 30.3 Å². The van der Waals surface area contributed by atoms with Crippen LogP contribution < -0.4 is 0 Å². The molecule has 5 nitrogen and oxygen atoms in total. The van der Waals surface area contributed by atoms with Gasteiger partial charge in [0, 0.05) is 44.8 Å². The molecule has 0 bridgehead atoms. The van der Waals surface area contributed by atoms with Crippen LogP contribution in [-0.4, -0.2) is 72.3 Å². The summed E-state index contributed by atoms with van der Waals surface area (Å²) in [4.78, 5) is 31.5. The van der Waals surface area contributed by atoms with Crippen LogP contribution in [0.2, 0.25) is 0 Å². The number of hydrogen-bond donors (Lipinski definition) is 0. The number of amides is 2. The lowest BCUT2D eigenvalue weighted by Crippen LogP contribution is -2.52. The van der Waals surface area contributed by atoms with Crippen LogP contribution in [0.15, 0.2) is 48.5 Å². The van der Waals surface area contributed by atoms with E-state index in [0.29, 0.717) is 49.4 Å². The number of nitrogens with zero attached hydrogens (tertiary/aromatic N) is 3. The molecule has 8 heteroatoms. The van der Waals surface area contributed by atoms with Crippen LogP contribution in [0.4, 0.5) is 13.2 Å². The number of carbonyl (C=O) groups excluding carboxylic acids is 2. The Morgan fingerprint density at radius 2 is 1.39 bits per heavy atom. The second-order valence-corrected chi connectivity index (χ2v) is 8.63. The van der Waals surface area contributed by atoms with E-state index in [4.69, 9.17) is 0 Å². The largest absolute Gasteiger partial charge is 0.416 e. The van der Waals surface area contributed by atoms with Crippen molar-refractivity contribution in [2.45, 2.75) is 25.4 Å². The van der Waals surface area contributed by atoms with Gasteiger partial charge in [0.25, 0.3) is 5.91 Å². The zero-order valence-corrected chi connectivity index (χ0v) is 18.5. The minimum absolute atomic E-state index is 0.146. The highest BCUT2D eigenvalue weighted by atomic mass is 19.4. The molecule has 0 N–H and O–H groups in total. The van der Waals surface area contributed by atoms with E-state index in [0.717, 1.165) is 38.1 Å². The van der Waals surface area contributed by atoms with Crippen molar-refractivity contribution in [3.63, 3.8) is 0 Å². The molecule has 2 aromatic rings. The first-order chi connectivity index (χ1) is 15.8. The summed E-state index contributed by atoms with van der Waals surface area (Å²) in [5.41, 5.74) is 0.928. The standard InChI is InChI=1S/C25H28F3N3O2/c26-25(27,28)20-10-8-19(9-11-20)21-6-2-3-7-22(21)24(33)31-16-14-29(15-17-31)18-23(32)30-12-4-1-5-13-30/h2-3,6-11H,1,4-5,12-18H2. The number of alkyl halides is 3. The highest BCUT2D eigenvalue weighted by Crippen LogP contribution is 2.32. The van der Waals surface area contributed by atoms with Crippen molar-refractivity contribution in [1.29, 1.82) is 0 Å². The first-order valence-corrected chi connectivity index (χ1v) is 11.4. The molecule has 0 aromatic heterocycles. The lowest BCUT2D eigenvalue weighted by Gasteiger charge is -2.36. The fourth-order valence-electron chi connectivity index (χ4n) is 4.47. The lowest BCUT2D eigenvalue weighted by molar-refractivity contribution is -0.137. The van der Waals surface area contributed by atoms with Gasteiger partial charge in [-0.15, -0.1) is 0 Å². The Kier molecular flexibility index (Phi) is 7.02. The molecule has 0 spiro atoms. The molecule has 2 aromatic carbocycles. The number of likely N-dealkylation sites (tertiary alicyclic amines) is 1. The maximum absolute atomic E-state index is 13.2. The molecule has 33 heavy (non-hydrogen) atoms. The Bertz CT molecular complexity index is 977. The van der Waals surface area contributed by atoms with Crippen molar-refractivity contribution in [3.05, 3.63) is 59.7 Å². The fraction of sp³-hybridized carbons (Fsp3) is 0.440. The minimum atomic E-state index is -4.40. The lowest BCUT2D eigenvalue weighted by atomic mass is 9.97. The average Bonchev–Trinajstić information content (AvgIpc) is 2.84. The van der Waals surface area contributed by atoms with Crippen LogP contribution in [0.1, 0.15) is 35.2 Å². The van der Waals surface area contributed by atoms with Crippen LogP contribution in [0, 0.1) is 0 Å². The zero-order chi connectivity index (χ0) is 23.4. The van der Waals surface area contributed by atoms with Crippen molar-refractivity contribution >= 4 is 11.8 Å². The molecule has 2 aliphatic rings. The molecule has 4 rings (SSSR count). The topological polar surface area (TPSA) is 43.9 Å². The predicted molar refractivity (Wildman–Crippen MR) is 120 cm³/mol. The molecule has 2 saturated heterocycles. The molecule has 0 aliphatic carbocycles. The first-order valence-electron chi connectivity index (χ1n) is 11.4. The van der Waals surface area contributed by atoms with E-state index in [1.165, 1.54) is 18.6 Å². The molecule has 2 amide bonds. The van der Waals surface area contributed by atoms with E-state index < -0.39 is 11.7 Å². The number of benzene rings is 2. The number of carbonyl (C=O) groups is 2. The number of piperazine rings is 1. The van der Waals surface area contributed by atoms with Crippen molar-refractivity contribution in [2.24, 2.45) is 0 Å². The monoisotopic (exact) mass is 459 g/mol. The van der Waals surface area contributed by atoms with Crippen LogP contribution in [0.3, 0.4) is 0 Å². The zero-order valence-electron chi connectivity index (χ0n) is 18.5. The van der Waals surface area contributed by atoms with Gasteiger partial charge in [0.2, 0.25) is 5.91 Å². The van der Waals surface area contributed by atoms with Crippen molar-refractivity contribution in [3.8, 4) is 11.1 Å². The third-order valence-electron chi connectivity index (χ3n) is 6.41. The smallest absolute Gasteiger partial charge is 0.342 e. The van der Waals surface area contributed by atoms with Crippen LogP contribution in [-0.2, 0) is 11.0 Å². The average molecular weight is 460 g/mol. The Hall–Kier alpha value is -2.87. The summed E-state index contributed by atoms with van der Waals surface area (Å²) in [7, 11) is 0. The maximum atomic E-state index is 13.2. The van der Waals surface area contributed by atoms with Gasteiger partial charge in [0.1, 0.15) is 0 Å². The van der Waals surface area contributed by atoms with Gasteiger partial charge >= 0.3 is 6.18 Å². The molecule has 2 fully saturated rings. The van der Waals surface area contributed by atoms with Gasteiger partial charge in [-0.05, 0) is 48.6 Å². The van der Waals surface area contributed by atoms with Crippen LogP contribution >= 0.6 is 0 Å². The number of hydrogen-bond acceptors (Lipinski definition) is 3. The summed E-state index contributed by atoms with van der Waals surface area (Å²) in [6, 6.07) is 11.9. The second kappa shape index (κ2) is 9.95. The van der Waals surface area contributed by atoms with E-state index in [9.17, 15) is 22.8 Å². The Labute approximate surface area is 191 Å². The highest BCUT2D eigenvalue weighted by Gasteiger charge is 2.30. The SMILES string of the molecule is O=C(CN1CCN(C(=O)c2ccccc2-c2ccc(C(F)(F)F)cc2)CC1)N1CCCCC1. The number of rotatable bonds is 4. The summed E-state index contributed by atoms with van der Waals surface area (Å²) in [6.45, 7) is 4.29. The number of halogens is 3. The predicted octanol–water partition coefficient (Wildman–Crippen LogP) is 4.14. The molecule has 0 saturated carbocycles. The van der Waals surface area contributed by atoms with E-state index in [2.05, 4.69) is 4.90 Å². The molecule has 176 valence electrons. The second-order valence-electron chi connectivity index (χ2n) is 8.63. The quantitative estimate of drug-likeness (QED) is 0.690. The Morgan fingerprint density at radius 1 is 0.758 bits per heavy atom. The van der Waals surface area contributed by atoms with Gasteiger partial charge in [-0.3, -0.25) is 14.5 Å². The van der Waals surface area contributed by atoms with E-state index >= 15 is 0 Å². The third kappa shape index (κ3) is 5.55. The molecule has 0 atom stereocenters. The Balaban J connectivity index is 1.40. The van der Waals surface area contributed by atoms with Gasteiger partial charge in [-0.25, -0.2) is 0 Å². The van der Waals surface area contributed by atoms with Gasteiger partial charge in [0.15, 0.2) is 0 Å². The first kappa shape index (κ1) is 23.3. The molecular formula is C25H28F3N3O2. The van der Waals surface area contributed by atoms with Crippen molar-refractivity contribution in [1.82, 2.24) is 14.7 Å². The van der Waals surface area contributed by atoms with Gasteiger partial charge in [-0.2, -0.15) is 13.2 Å². The van der Waals surface area contributed by atoms with Crippen molar-refractivity contribution < 1.29 is 22.8 Å². The summed E-state index contributed by atoms with van der Waals surface area (Å²) in [6.07, 6.45) is -1.10. The Morgan fingerprint density at radius 3 is 2.03 bits per heavy atom. The molecule has 2 aliphatic heterocycles. The third-order valence-corrected chi connectivity index (χ3v) is 6.41. The normalized spacial score (nSPS) is 17.8. The summed E-state index contributed by atoms with van der Waals surface area (Å²) >= 11 is 0. The van der Waals surface area contributed by atoms with Gasteiger partial charge in [0.05, 0.1) is 12.1 Å². The molecule has 2 heterocycles. The molecule has 0 unspecified atom stereocenters. The number of piperidine rings is 1. The van der Waals surface area contributed by atoms with Gasteiger partial charge < -0.3 is 9.80 Å². The van der Waals surface area contributed by atoms with E-state index in [1.54, 1.807) is 29.2 Å². The summed E-state index contributed by atoms with van der Waals surface area (Å²) in [5, 5.41) is 0. The van der Waals surface area contributed by atoms with Crippen molar-refractivity contribution in [2.75, 3.05) is 45.8 Å². The minimum Gasteiger partial charge on any atom is -0.342 e. The maximum Gasteiger partial charge on any atom is 0.416 e.